The normalized spacial score (nSPS) is 16.4. The molecule has 1 fully saturated rings. The third-order valence-corrected chi connectivity index (χ3v) is 4.58. The molecule has 0 aliphatic carbocycles. The van der Waals surface area contributed by atoms with Crippen LogP contribution in [0, 0.1) is 5.92 Å². The number of piperidine rings is 1. The van der Waals surface area contributed by atoms with Crippen molar-refractivity contribution >= 4 is 41.8 Å². The van der Waals surface area contributed by atoms with Crippen molar-refractivity contribution in [2.45, 2.75) is 19.8 Å². The van der Waals surface area contributed by atoms with Gasteiger partial charge in [0.05, 0.1) is 19.6 Å². The topological polar surface area (TPSA) is 92.3 Å². The first kappa shape index (κ1) is 25.0. The average molecular weight is 518 g/mol. The fraction of sp³-hybridized carbons (Fsp3) is 0.550. The highest BCUT2D eigenvalue weighted by Gasteiger charge is 2.28. The number of aliphatic imine (C=N–C) groups is 1. The van der Waals surface area contributed by atoms with Crippen molar-refractivity contribution in [2.75, 3.05) is 46.9 Å². The Hall–Kier alpha value is -2.04. The molecular formula is C20H31IN4O4. The van der Waals surface area contributed by atoms with E-state index in [0.717, 1.165) is 25.3 Å². The van der Waals surface area contributed by atoms with E-state index < -0.39 is 0 Å². The largest absolute Gasteiger partial charge is 0.497 e. The van der Waals surface area contributed by atoms with Crippen molar-refractivity contribution in [3.63, 3.8) is 0 Å². The van der Waals surface area contributed by atoms with Gasteiger partial charge in [0.1, 0.15) is 5.75 Å². The van der Waals surface area contributed by atoms with Crippen molar-refractivity contribution < 1.29 is 19.1 Å². The molecule has 162 valence electrons. The number of esters is 1. The maximum Gasteiger partial charge on any atom is 0.310 e. The van der Waals surface area contributed by atoms with Gasteiger partial charge in [0, 0.05) is 38.8 Å². The van der Waals surface area contributed by atoms with E-state index in [-0.39, 0.29) is 41.8 Å². The number of nitrogens with one attached hydrogen (secondary N) is 2. The van der Waals surface area contributed by atoms with Crippen LogP contribution in [0.5, 0.6) is 5.75 Å². The van der Waals surface area contributed by atoms with Crippen LogP contribution in [0.3, 0.4) is 0 Å². The number of likely N-dealkylation sites (tertiary alicyclic amines) is 1. The molecule has 1 amide bonds. The van der Waals surface area contributed by atoms with Crippen molar-refractivity contribution in [3.8, 4) is 5.75 Å². The number of halogens is 1. The monoisotopic (exact) mass is 518 g/mol. The van der Waals surface area contributed by atoms with Gasteiger partial charge in [-0.1, -0.05) is 6.07 Å². The standard InChI is InChI=1S/C20H30N4O4.HI/c1-4-28-19(26)16-8-6-12-24(14-16)20(21-2)23-11-10-22-18(25)15-7-5-9-17(13-15)27-3;/h5,7,9,13,16H,4,6,8,10-12,14H2,1-3H3,(H,21,23)(H,22,25);1H. The summed E-state index contributed by atoms with van der Waals surface area (Å²) >= 11 is 0. The molecule has 8 nitrogen and oxygen atoms in total. The molecule has 9 heteroatoms. The van der Waals surface area contributed by atoms with E-state index >= 15 is 0 Å². The van der Waals surface area contributed by atoms with Gasteiger partial charge in [-0.3, -0.25) is 14.6 Å². The molecule has 1 aromatic carbocycles. The van der Waals surface area contributed by atoms with Crippen molar-refractivity contribution in [1.82, 2.24) is 15.5 Å². The van der Waals surface area contributed by atoms with Crippen LogP contribution >= 0.6 is 24.0 Å². The molecular weight excluding hydrogens is 487 g/mol. The first-order valence-electron chi connectivity index (χ1n) is 9.63. The second kappa shape index (κ2) is 13.2. The Morgan fingerprint density at radius 2 is 2.03 bits per heavy atom. The predicted octanol–water partition coefficient (Wildman–Crippen LogP) is 1.89. The zero-order chi connectivity index (χ0) is 20.4. The summed E-state index contributed by atoms with van der Waals surface area (Å²) in [5, 5.41) is 6.12. The number of nitrogens with zero attached hydrogens (tertiary/aromatic N) is 2. The fourth-order valence-corrected chi connectivity index (χ4v) is 3.17. The van der Waals surface area contributed by atoms with E-state index in [1.54, 1.807) is 38.4 Å². The number of carbonyl (C=O) groups excluding carboxylic acids is 2. The van der Waals surface area contributed by atoms with Crippen LogP contribution in [0.15, 0.2) is 29.3 Å². The molecule has 1 saturated heterocycles. The minimum absolute atomic E-state index is 0. The first-order chi connectivity index (χ1) is 13.6. The van der Waals surface area contributed by atoms with E-state index in [1.807, 2.05) is 6.92 Å². The van der Waals surface area contributed by atoms with Gasteiger partial charge < -0.3 is 25.0 Å². The lowest BCUT2D eigenvalue weighted by Crippen LogP contribution is -2.49. The molecule has 0 radical (unpaired) electrons. The number of benzene rings is 1. The summed E-state index contributed by atoms with van der Waals surface area (Å²) in [7, 11) is 3.28. The molecule has 29 heavy (non-hydrogen) atoms. The molecule has 1 aliphatic rings. The Bertz CT molecular complexity index is 699. The number of ether oxygens (including phenoxy) is 2. The van der Waals surface area contributed by atoms with E-state index in [9.17, 15) is 9.59 Å². The highest BCUT2D eigenvalue weighted by atomic mass is 127. The molecule has 1 unspecified atom stereocenters. The SMILES string of the molecule is CCOC(=O)C1CCCN(C(=NC)NCCNC(=O)c2cccc(OC)c2)C1.I. The number of methoxy groups -OCH3 is 1. The fourth-order valence-electron chi connectivity index (χ4n) is 3.17. The van der Waals surface area contributed by atoms with Gasteiger partial charge in [-0.05, 0) is 38.0 Å². The van der Waals surface area contributed by atoms with Gasteiger partial charge >= 0.3 is 5.97 Å². The summed E-state index contributed by atoms with van der Waals surface area (Å²) < 4.78 is 10.3. The van der Waals surface area contributed by atoms with Crippen LogP contribution in [-0.4, -0.2) is 69.7 Å². The zero-order valence-electron chi connectivity index (χ0n) is 17.3. The maximum absolute atomic E-state index is 12.2. The summed E-state index contributed by atoms with van der Waals surface area (Å²) in [5.41, 5.74) is 0.553. The summed E-state index contributed by atoms with van der Waals surface area (Å²) in [5.74, 6) is 0.946. The molecule has 0 saturated carbocycles. The number of hydrogen-bond acceptors (Lipinski definition) is 5. The number of hydrogen-bond donors (Lipinski definition) is 2. The van der Waals surface area contributed by atoms with Gasteiger partial charge in [0.2, 0.25) is 0 Å². The summed E-state index contributed by atoms with van der Waals surface area (Å²) in [4.78, 5) is 30.6. The second-order valence-electron chi connectivity index (χ2n) is 6.50. The number of rotatable bonds is 7. The van der Waals surface area contributed by atoms with Gasteiger partial charge in [0.25, 0.3) is 5.91 Å². The van der Waals surface area contributed by atoms with Crippen LogP contribution in [0.4, 0.5) is 0 Å². The number of amides is 1. The number of guanidine groups is 1. The van der Waals surface area contributed by atoms with Crippen LogP contribution in [-0.2, 0) is 9.53 Å². The van der Waals surface area contributed by atoms with Gasteiger partial charge in [-0.15, -0.1) is 24.0 Å². The zero-order valence-corrected chi connectivity index (χ0v) is 19.6. The first-order valence-corrected chi connectivity index (χ1v) is 9.63. The Kier molecular flexibility index (Phi) is 11.4. The van der Waals surface area contributed by atoms with E-state index in [0.29, 0.717) is 37.6 Å². The lowest BCUT2D eigenvalue weighted by molar-refractivity contribution is -0.149. The maximum atomic E-state index is 12.2. The summed E-state index contributed by atoms with van der Waals surface area (Å²) in [6, 6.07) is 7.02. The number of carbonyl (C=O) groups is 2. The lowest BCUT2D eigenvalue weighted by Gasteiger charge is -2.33. The third-order valence-electron chi connectivity index (χ3n) is 4.58. The van der Waals surface area contributed by atoms with Gasteiger partial charge in [0.15, 0.2) is 5.96 Å². The van der Waals surface area contributed by atoms with Crippen LogP contribution in [0.25, 0.3) is 0 Å². The quantitative estimate of drug-likeness (QED) is 0.188. The van der Waals surface area contributed by atoms with E-state index in [4.69, 9.17) is 9.47 Å². The molecule has 1 atom stereocenters. The summed E-state index contributed by atoms with van der Waals surface area (Å²) in [6.07, 6.45) is 1.75. The molecule has 0 aromatic heterocycles. The van der Waals surface area contributed by atoms with Crippen molar-refractivity contribution in [3.05, 3.63) is 29.8 Å². The molecule has 2 N–H and O–H groups in total. The van der Waals surface area contributed by atoms with Gasteiger partial charge in [-0.2, -0.15) is 0 Å². The molecule has 1 aromatic rings. The highest BCUT2D eigenvalue weighted by molar-refractivity contribution is 14.0. The average Bonchev–Trinajstić information content (AvgIpc) is 2.74. The minimum atomic E-state index is -0.156. The molecule has 0 bridgehead atoms. The van der Waals surface area contributed by atoms with Crippen molar-refractivity contribution in [1.29, 1.82) is 0 Å². The van der Waals surface area contributed by atoms with Crippen LogP contribution < -0.4 is 15.4 Å². The Morgan fingerprint density at radius 3 is 2.72 bits per heavy atom. The van der Waals surface area contributed by atoms with Crippen LogP contribution in [0.1, 0.15) is 30.1 Å². The second-order valence-corrected chi connectivity index (χ2v) is 6.50. The minimum Gasteiger partial charge on any atom is -0.497 e. The smallest absolute Gasteiger partial charge is 0.310 e. The molecule has 0 spiro atoms. The predicted molar refractivity (Wildman–Crippen MR) is 123 cm³/mol. The molecule has 2 rings (SSSR count). The lowest BCUT2D eigenvalue weighted by atomic mass is 9.98. The molecule has 1 aliphatic heterocycles. The van der Waals surface area contributed by atoms with E-state index in [1.165, 1.54) is 0 Å². The summed E-state index contributed by atoms with van der Waals surface area (Å²) in [6.45, 7) is 4.63. The van der Waals surface area contributed by atoms with E-state index in [2.05, 4.69) is 20.5 Å². The Morgan fingerprint density at radius 1 is 1.28 bits per heavy atom. The van der Waals surface area contributed by atoms with Gasteiger partial charge in [-0.25, -0.2) is 0 Å². The highest BCUT2D eigenvalue weighted by Crippen LogP contribution is 2.18. The van der Waals surface area contributed by atoms with Crippen molar-refractivity contribution in [2.24, 2.45) is 10.9 Å². The molecule has 1 heterocycles. The Balaban J connectivity index is 0.00000420. The Labute approximate surface area is 189 Å². The third kappa shape index (κ3) is 7.71. The van der Waals surface area contributed by atoms with Crippen LogP contribution in [0.2, 0.25) is 0 Å².